The van der Waals surface area contributed by atoms with Gasteiger partial charge in [-0.15, -0.1) is 16.4 Å². The smallest absolute Gasteiger partial charge is 0.345 e. The van der Waals surface area contributed by atoms with Crippen molar-refractivity contribution in [2.75, 3.05) is 6.54 Å². The summed E-state index contributed by atoms with van der Waals surface area (Å²) < 4.78 is 2.81. The number of carbonyl (C=O) groups is 1. The van der Waals surface area contributed by atoms with Crippen LogP contribution in [0.5, 0.6) is 0 Å². The van der Waals surface area contributed by atoms with E-state index in [1.54, 1.807) is 31.6 Å². The van der Waals surface area contributed by atoms with Crippen LogP contribution < -0.4 is 11.0 Å². The third kappa shape index (κ3) is 3.21. The van der Waals surface area contributed by atoms with Crippen LogP contribution >= 0.6 is 11.3 Å². The zero-order valence-electron chi connectivity index (χ0n) is 12.5. The second kappa shape index (κ2) is 6.57. The first-order chi connectivity index (χ1) is 11.2. The van der Waals surface area contributed by atoms with E-state index in [2.05, 4.69) is 15.4 Å². The molecule has 0 aliphatic carbocycles. The number of nitrogens with one attached hydrogen (secondary N) is 1. The van der Waals surface area contributed by atoms with Gasteiger partial charge in [0.15, 0.2) is 5.82 Å². The zero-order chi connectivity index (χ0) is 16.2. The first-order valence-electron chi connectivity index (χ1n) is 7.03. The van der Waals surface area contributed by atoms with E-state index >= 15 is 0 Å². The van der Waals surface area contributed by atoms with Crippen molar-refractivity contribution in [1.82, 2.24) is 24.6 Å². The second-order valence-corrected chi connectivity index (χ2v) is 5.81. The van der Waals surface area contributed by atoms with Crippen LogP contribution in [-0.2, 0) is 13.6 Å². The molecule has 0 aliphatic heterocycles. The summed E-state index contributed by atoms with van der Waals surface area (Å²) in [7, 11) is 1.67. The van der Waals surface area contributed by atoms with E-state index in [9.17, 15) is 9.59 Å². The highest BCUT2D eigenvalue weighted by molar-refractivity contribution is 7.12. The summed E-state index contributed by atoms with van der Waals surface area (Å²) in [5, 5.41) is 8.94. The molecule has 3 heterocycles. The minimum atomic E-state index is -0.228. The predicted molar refractivity (Wildman–Crippen MR) is 87.4 cm³/mol. The van der Waals surface area contributed by atoms with Gasteiger partial charge in [0.05, 0.1) is 11.4 Å². The minimum Gasteiger partial charge on any atom is -0.349 e. The number of carbonyl (C=O) groups excluding carboxylic acids is 1. The average Bonchev–Trinajstić information content (AvgIpc) is 3.20. The molecule has 0 aromatic carbocycles. The van der Waals surface area contributed by atoms with Gasteiger partial charge >= 0.3 is 5.69 Å². The molecule has 8 heteroatoms. The molecule has 1 N–H and O–H groups in total. The molecule has 7 nitrogen and oxygen atoms in total. The molecule has 0 saturated carbocycles. The van der Waals surface area contributed by atoms with Crippen molar-refractivity contribution in [1.29, 1.82) is 0 Å². The fraction of sp³-hybridized carbons (Fsp3) is 0.200. The Hall–Kier alpha value is -2.74. The van der Waals surface area contributed by atoms with Crippen LogP contribution in [0.4, 0.5) is 0 Å². The third-order valence-corrected chi connectivity index (χ3v) is 4.18. The van der Waals surface area contributed by atoms with Crippen molar-refractivity contribution in [3.63, 3.8) is 0 Å². The van der Waals surface area contributed by atoms with Crippen molar-refractivity contribution in [2.24, 2.45) is 7.05 Å². The first kappa shape index (κ1) is 15.2. The molecule has 23 heavy (non-hydrogen) atoms. The molecule has 0 fully saturated rings. The number of thiophene rings is 1. The fourth-order valence-electron chi connectivity index (χ4n) is 2.15. The SMILES string of the molecule is Cn1c(-c2cccnc2)nn(CCNC(=O)c2cccs2)c1=O. The van der Waals surface area contributed by atoms with Crippen molar-refractivity contribution >= 4 is 17.2 Å². The summed E-state index contributed by atoms with van der Waals surface area (Å²) in [6, 6.07) is 7.22. The van der Waals surface area contributed by atoms with E-state index < -0.39 is 0 Å². The maximum Gasteiger partial charge on any atom is 0.345 e. The molecule has 3 aromatic heterocycles. The van der Waals surface area contributed by atoms with E-state index in [4.69, 9.17) is 0 Å². The molecule has 0 spiro atoms. The first-order valence-corrected chi connectivity index (χ1v) is 7.90. The lowest BCUT2D eigenvalue weighted by Crippen LogP contribution is -2.31. The highest BCUT2D eigenvalue weighted by Crippen LogP contribution is 2.12. The molecule has 1 amide bonds. The molecule has 0 bridgehead atoms. The number of rotatable bonds is 5. The van der Waals surface area contributed by atoms with E-state index in [1.807, 2.05) is 17.5 Å². The van der Waals surface area contributed by atoms with Crippen LogP contribution in [0.3, 0.4) is 0 Å². The third-order valence-electron chi connectivity index (χ3n) is 3.31. The summed E-state index contributed by atoms with van der Waals surface area (Å²) in [6.07, 6.45) is 3.32. The van der Waals surface area contributed by atoms with Crippen molar-refractivity contribution in [2.45, 2.75) is 6.54 Å². The summed E-state index contributed by atoms with van der Waals surface area (Å²) in [4.78, 5) is 28.7. The lowest BCUT2D eigenvalue weighted by molar-refractivity contribution is 0.0956. The molecule has 0 unspecified atom stereocenters. The monoisotopic (exact) mass is 329 g/mol. The van der Waals surface area contributed by atoms with Gasteiger partial charge in [-0.05, 0) is 23.6 Å². The van der Waals surface area contributed by atoms with Crippen molar-refractivity contribution in [3.8, 4) is 11.4 Å². The van der Waals surface area contributed by atoms with Gasteiger partial charge in [-0.3, -0.25) is 14.3 Å². The lowest BCUT2D eigenvalue weighted by Gasteiger charge is -2.02. The summed E-state index contributed by atoms with van der Waals surface area (Å²) in [6.45, 7) is 0.643. The Balaban J connectivity index is 1.69. The summed E-state index contributed by atoms with van der Waals surface area (Å²) in [5.41, 5.74) is 0.544. The Bertz CT molecular complexity index is 852. The van der Waals surface area contributed by atoms with Crippen LogP contribution in [0.15, 0.2) is 46.8 Å². The number of hydrogen-bond acceptors (Lipinski definition) is 5. The number of aromatic nitrogens is 4. The Kier molecular flexibility index (Phi) is 4.33. The Morgan fingerprint density at radius 2 is 2.22 bits per heavy atom. The summed E-state index contributed by atoms with van der Waals surface area (Å²) in [5.74, 6) is 0.407. The van der Waals surface area contributed by atoms with Crippen molar-refractivity contribution in [3.05, 3.63) is 57.4 Å². The van der Waals surface area contributed by atoms with E-state index in [0.717, 1.165) is 5.56 Å². The molecule has 0 aliphatic rings. The number of hydrogen-bond donors (Lipinski definition) is 1. The van der Waals surface area contributed by atoms with Crippen LogP contribution in [-0.4, -0.2) is 31.8 Å². The van der Waals surface area contributed by atoms with Gasteiger partial charge in [-0.1, -0.05) is 6.07 Å². The van der Waals surface area contributed by atoms with Gasteiger partial charge in [-0.25, -0.2) is 9.48 Å². The highest BCUT2D eigenvalue weighted by atomic mass is 32.1. The molecule has 0 saturated heterocycles. The molecule has 0 atom stereocenters. The molecule has 3 rings (SSSR count). The zero-order valence-corrected chi connectivity index (χ0v) is 13.3. The Labute approximate surface area is 136 Å². The van der Waals surface area contributed by atoms with E-state index in [-0.39, 0.29) is 11.6 Å². The molecular formula is C15H15N5O2S. The number of amides is 1. The standard InChI is InChI=1S/C15H15N5O2S/c1-19-13(11-4-2-6-16-10-11)18-20(15(19)22)8-7-17-14(21)12-5-3-9-23-12/h2-6,9-10H,7-8H2,1H3,(H,17,21). The quantitative estimate of drug-likeness (QED) is 0.761. The molecular weight excluding hydrogens is 314 g/mol. The van der Waals surface area contributed by atoms with Crippen LogP contribution in [0.2, 0.25) is 0 Å². The van der Waals surface area contributed by atoms with Gasteiger partial charge < -0.3 is 5.32 Å². The topological polar surface area (TPSA) is 81.8 Å². The van der Waals surface area contributed by atoms with Gasteiger partial charge in [-0.2, -0.15) is 0 Å². The average molecular weight is 329 g/mol. The van der Waals surface area contributed by atoms with Crippen molar-refractivity contribution < 1.29 is 4.79 Å². The fourth-order valence-corrected chi connectivity index (χ4v) is 2.79. The van der Waals surface area contributed by atoms with Gasteiger partial charge in [0.25, 0.3) is 5.91 Å². The second-order valence-electron chi connectivity index (χ2n) is 4.86. The van der Waals surface area contributed by atoms with Crippen LogP contribution in [0, 0.1) is 0 Å². The molecule has 3 aromatic rings. The summed E-state index contributed by atoms with van der Waals surface area (Å²) >= 11 is 1.38. The maximum absolute atomic E-state index is 12.2. The Morgan fingerprint density at radius 3 is 2.91 bits per heavy atom. The van der Waals surface area contributed by atoms with Gasteiger partial charge in [0.2, 0.25) is 0 Å². The van der Waals surface area contributed by atoms with E-state index in [0.29, 0.717) is 23.8 Å². The predicted octanol–water partition coefficient (Wildman–Crippen LogP) is 1.14. The minimum absolute atomic E-state index is 0.142. The highest BCUT2D eigenvalue weighted by Gasteiger charge is 2.12. The number of pyridine rings is 1. The maximum atomic E-state index is 12.2. The van der Waals surface area contributed by atoms with Gasteiger partial charge in [0.1, 0.15) is 0 Å². The van der Waals surface area contributed by atoms with E-state index in [1.165, 1.54) is 20.6 Å². The van der Waals surface area contributed by atoms with Crippen LogP contribution in [0.1, 0.15) is 9.67 Å². The number of nitrogens with zero attached hydrogens (tertiary/aromatic N) is 4. The lowest BCUT2D eigenvalue weighted by atomic mass is 10.3. The van der Waals surface area contributed by atoms with Crippen LogP contribution in [0.25, 0.3) is 11.4 Å². The molecule has 118 valence electrons. The molecule has 0 radical (unpaired) electrons. The van der Waals surface area contributed by atoms with Gasteiger partial charge in [0, 0.05) is 31.5 Å². The Morgan fingerprint density at radius 1 is 1.35 bits per heavy atom. The largest absolute Gasteiger partial charge is 0.349 e. The normalized spacial score (nSPS) is 10.7.